The van der Waals surface area contributed by atoms with Crippen LogP contribution in [-0.4, -0.2) is 69.0 Å². The molecule has 0 bridgehead atoms. The molecule has 0 aromatic carbocycles. The smallest absolute Gasteiger partial charge is 0.250 e. The quantitative estimate of drug-likeness (QED) is 0.612. The van der Waals surface area contributed by atoms with Crippen LogP contribution in [-0.2, 0) is 17.7 Å². The first-order chi connectivity index (χ1) is 16.0. The summed E-state index contributed by atoms with van der Waals surface area (Å²) in [6.45, 7) is 8.57. The minimum absolute atomic E-state index is 0.0438. The summed E-state index contributed by atoms with van der Waals surface area (Å²) in [5.74, 6) is 0.798. The van der Waals surface area contributed by atoms with Crippen molar-refractivity contribution in [3.8, 4) is 22.8 Å². The molecule has 10 heteroatoms. The zero-order valence-electron chi connectivity index (χ0n) is 19.3. The zero-order valence-corrected chi connectivity index (χ0v) is 19.3. The predicted octanol–water partition coefficient (Wildman–Crippen LogP) is 2.95. The molecule has 9 nitrogen and oxygen atoms in total. The molecular weight excluding hydrogens is 425 g/mol. The van der Waals surface area contributed by atoms with Crippen LogP contribution < -0.4 is 10.1 Å². The highest BCUT2D eigenvalue weighted by Gasteiger charge is 2.26. The number of hydrogen-bond acceptors (Lipinski definition) is 7. The van der Waals surface area contributed by atoms with Gasteiger partial charge in [0.25, 0.3) is 0 Å². The van der Waals surface area contributed by atoms with Gasteiger partial charge in [-0.05, 0) is 32.7 Å². The van der Waals surface area contributed by atoms with Gasteiger partial charge in [-0.1, -0.05) is 0 Å². The Kier molecular flexibility index (Phi) is 6.03. The van der Waals surface area contributed by atoms with Gasteiger partial charge in [0.1, 0.15) is 18.2 Å². The van der Waals surface area contributed by atoms with Gasteiger partial charge in [0.05, 0.1) is 31.8 Å². The Hall–Kier alpha value is -2.98. The molecule has 3 aromatic rings. The third-order valence-electron chi connectivity index (χ3n) is 6.45. The lowest BCUT2D eigenvalue weighted by Gasteiger charge is -2.20. The average molecular weight is 456 g/mol. The summed E-state index contributed by atoms with van der Waals surface area (Å²) in [4.78, 5) is 6.59. The fraction of sp³-hybridized carbons (Fsp3) is 0.522. The van der Waals surface area contributed by atoms with E-state index >= 15 is 0 Å². The molecule has 2 aliphatic rings. The molecule has 0 aliphatic carbocycles. The van der Waals surface area contributed by atoms with Crippen LogP contribution in [0.15, 0.2) is 24.7 Å². The second-order valence-corrected chi connectivity index (χ2v) is 8.95. The van der Waals surface area contributed by atoms with Gasteiger partial charge in [0.2, 0.25) is 5.88 Å². The molecule has 1 N–H and O–H groups in total. The predicted molar refractivity (Wildman–Crippen MR) is 122 cm³/mol. The molecule has 33 heavy (non-hydrogen) atoms. The second kappa shape index (κ2) is 9.11. The molecule has 176 valence electrons. The zero-order chi connectivity index (χ0) is 22.9. The Morgan fingerprint density at radius 2 is 2.21 bits per heavy atom. The summed E-state index contributed by atoms with van der Waals surface area (Å²) in [5.41, 5.74) is 3.29. The van der Waals surface area contributed by atoms with Crippen molar-refractivity contribution in [2.75, 3.05) is 38.9 Å². The van der Waals surface area contributed by atoms with Gasteiger partial charge in [-0.15, -0.1) is 0 Å². The Morgan fingerprint density at radius 3 is 2.97 bits per heavy atom. The average Bonchev–Trinajstić information content (AvgIpc) is 3.50. The number of aromatic nitrogens is 5. The summed E-state index contributed by atoms with van der Waals surface area (Å²) >= 11 is 0. The molecule has 0 saturated carbocycles. The van der Waals surface area contributed by atoms with Gasteiger partial charge >= 0.3 is 0 Å². The number of halogens is 1. The van der Waals surface area contributed by atoms with E-state index in [0.29, 0.717) is 37.4 Å². The van der Waals surface area contributed by atoms with Crippen molar-refractivity contribution in [3.05, 3.63) is 36.0 Å². The van der Waals surface area contributed by atoms with E-state index in [-0.39, 0.29) is 5.88 Å². The number of nitrogens with zero attached hydrogens (tertiary/aromatic N) is 6. The number of hydrogen-bond donors (Lipinski definition) is 1. The fourth-order valence-electron chi connectivity index (χ4n) is 4.67. The van der Waals surface area contributed by atoms with E-state index in [4.69, 9.17) is 14.6 Å². The Morgan fingerprint density at radius 1 is 1.33 bits per heavy atom. The van der Waals surface area contributed by atoms with Crippen molar-refractivity contribution in [1.82, 2.24) is 29.4 Å². The molecule has 0 amide bonds. The van der Waals surface area contributed by atoms with Gasteiger partial charge in [-0.2, -0.15) is 10.2 Å². The summed E-state index contributed by atoms with van der Waals surface area (Å²) in [7, 11) is 1.39. The van der Waals surface area contributed by atoms with E-state index in [1.54, 1.807) is 10.9 Å². The molecule has 1 unspecified atom stereocenters. The minimum Gasteiger partial charge on any atom is -0.479 e. The highest BCUT2D eigenvalue weighted by Crippen LogP contribution is 2.33. The number of anilines is 1. The van der Waals surface area contributed by atoms with E-state index < -0.39 is 5.82 Å². The highest BCUT2D eigenvalue weighted by molar-refractivity contribution is 5.70. The van der Waals surface area contributed by atoms with Crippen LogP contribution in [0.2, 0.25) is 0 Å². The van der Waals surface area contributed by atoms with Crippen LogP contribution in [0.4, 0.5) is 10.2 Å². The first-order valence-electron chi connectivity index (χ1n) is 11.4. The normalized spacial score (nSPS) is 18.9. The van der Waals surface area contributed by atoms with Gasteiger partial charge < -0.3 is 19.7 Å². The first kappa shape index (κ1) is 21.8. The number of nitrogens with one attached hydrogen (secondary N) is 1. The van der Waals surface area contributed by atoms with Crippen LogP contribution in [0.1, 0.15) is 25.8 Å². The molecule has 1 fully saturated rings. The third-order valence-corrected chi connectivity index (χ3v) is 6.45. The monoisotopic (exact) mass is 455 g/mol. The molecule has 1 atom stereocenters. The fourth-order valence-corrected chi connectivity index (χ4v) is 4.67. The van der Waals surface area contributed by atoms with Crippen molar-refractivity contribution in [1.29, 1.82) is 0 Å². The van der Waals surface area contributed by atoms with Crippen molar-refractivity contribution < 1.29 is 13.9 Å². The van der Waals surface area contributed by atoms with Gasteiger partial charge in [-0.3, -0.25) is 4.68 Å². The SMILES string of the molecule is COc1ncc(-n2nc(-c3cnn(CC4CCN(C(C)C)C4)c3)c3c2NCOCC3)cc1F. The minimum atomic E-state index is -0.537. The molecule has 5 heterocycles. The number of likely N-dealkylation sites (tertiary alicyclic amines) is 1. The summed E-state index contributed by atoms with van der Waals surface area (Å²) < 4.78 is 28.6. The number of fused-ring (bicyclic) bond motifs is 1. The lowest BCUT2D eigenvalue weighted by atomic mass is 10.1. The standard InChI is InChI=1S/C23H30FN7O2/c1-15(2)29-6-4-16(11-29)12-30-13-17(9-27-30)21-19-5-7-33-14-26-22(19)31(28-21)18-8-20(24)23(32-3)25-10-18/h8-10,13,15-16,26H,4-7,11-12,14H2,1-3H3. The van der Waals surface area contributed by atoms with Crippen molar-refractivity contribution >= 4 is 5.82 Å². The van der Waals surface area contributed by atoms with E-state index in [9.17, 15) is 4.39 Å². The molecule has 1 saturated heterocycles. The molecule has 0 spiro atoms. The van der Waals surface area contributed by atoms with Crippen LogP contribution in [0.3, 0.4) is 0 Å². The molecule has 5 rings (SSSR count). The van der Waals surface area contributed by atoms with Crippen LogP contribution in [0, 0.1) is 11.7 Å². The summed E-state index contributed by atoms with van der Waals surface area (Å²) in [5, 5.41) is 12.7. The summed E-state index contributed by atoms with van der Waals surface area (Å²) in [6, 6.07) is 1.95. The summed E-state index contributed by atoms with van der Waals surface area (Å²) in [6.07, 6.45) is 7.36. The maximum absolute atomic E-state index is 14.4. The molecule has 3 aromatic heterocycles. The Bertz CT molecular complexity index is 1130. The third kappa shape index (κ3) is 4.32. The topological polar surface area (TPSA) is 82.3 Å². The van der Waals surface area contributed by atoms with Crippen LogP contribution in [0.25, 0.3) is 16.9 Å². The lowest BCUT2D eigenvalue weighted by molar-refractivity contribution is 0.159. The van der Waals surface area contributed by atoms with Crippen LogP contribution >= 0.6 is 0 Å². The van der Waals surface area contributed by atoms with Gasteiger partial charge in [0.15, 0.2) is 5.82 Å². The van der Waals surface area contributed by atoms with E-state index in [1.807, 2.05) is 10.9 Å². The van der Waals surface area contributed by atoms with Crippen molar-refractivity contribution in [3.63, 3.8) is 0 Å². The van der Waals surface area contributed by atoms with Crippen LogP contribution in [0.5, 0.6) is 5.88 Å². The van der Waals surface area contributed by atoms with E-state index in [0.717, 1.165) is 42.3 Å². The second-order valence-electron chi connectivity index (χ2n) is 8.95. The van der Waals surface area contributed by atoms with E-state index in [2.05, 4.69) is 40.3 Å². The van der Waals surface area contributed by atoms with Crippen molar-refractivity contribution in [2.45, 2.75) is 39.3 Å². The lowest BCUT2D eigenvalue weighted by Crippen LogP contribution is -2.28. The number of methoxy groups -OCH3 is 1. The van der Waals surface area contributed by atoms with E-state index in [1.165, 1.54) is 19.6 Å². The first-order valence-corrected chi connectivity index (χ1v) is 11.4. The number of ether oxygens (including phenoxy) is 2. The van der Waals surface area contributed by atoms with Crippen molar-refractivity contribution in [2.24, 2.45) is 5.92 Å². The highest BCUT2D eigenvalue weighted by atomic mass is 19.1. The molecular formula is C23H30FN7O2. The van der Waals surface area contributed by atoms with Gasteiger partial charge in [0, 0.05) is 48.9 Å². The largest absolute Gasteiger partial charge is 0.479 e. The molecule has 2 aliphatic heterocycles. The number of pyridine rings is 1. The molecule has 0 radical (unpaired) electrons. The maximum atomic E-state index is 14.4. The number of rotatable bonds is 6. The Labute approximate surface area is 192 Å². The maximum Gasteiger partial charge on any atom is 0.250 e. The van der Waals surface area contributed by atoms with Gasteiger partial charge in [-0.25, -0.2) is 14.1 Å². The Balaban J connectivity index is 1.45.